The molecule has 0 fully saturated rings. The molecular formula is C28H32N4O3S. The van der Waals surface area contributed by atoms with Crippen molar-refractivity contribution in [2.75, 3.05) is 6.54 Å². The maximum Gasteiger partial charge on any atom is 0.338 e. The van der Waals surface area contributed by atoms with Crippen molar-refractivity contribution >= 4 is 28.8 Å². The van der Waals surface area contributed by atoms with Crippen LogP contribution in [0.25, 0.3) is 0 Å². The lowest BCUT2D eigenvalue weighted by molar-refractivity contribution is -0.143. The van der Waals surface area contributed by atoms with Crippen LogP contribution in [0.1, 0.15) is 55.6 Å². The molecule has 0 bridgehead atoms. The van der Waals surface area contributed by atoms with Crippen LogP contribution in [0.3, 0.4) is 0 Å². The Bertz CT molecular complexity index is 1250. The molecule has 3 heterocycles. The number of thioether (sulfide) groups is 1. The molecule has 2 aromatic rings. The van der Waals surface area contributed by atoms with Crippen LogP contribution in [-0.4, -0.2) is 39.6 Å². The summed E-state index contributed by atoms with van der Waals surface area (Å²) in [5.74, 6) is -0.469. The zero-order valence-electron chi connectivity index (χ0n) is 21.4. The third kappa shape index (κ3) is 5.70. The molecule has 7 nitrogen and oxygen atoms in total. The molecule has 2 aliphatic heterocycles. The Balaban J connectivity index is 1.60. The molecule has 1 aromatic carbocycles. The number of carbonyl (C=O) groups is 2. The molecule has 4 rings (SSSR count). The van der Waals surface area contributed by atoms with Crippen molar-refractivity contribution < 1.29 is 14.3 Å². The summed E-state index contributed by atoms with van der Waals surface area (Å²) in [6, 6.07) is 11.6. The van der Waals surface area contributed by atoms with Gasteiger partial charge in [0.2, 0.25) is 5.91 Å². The molecule has 0 saturated heterocycles. The minimum atomic E-state index is -0.425. The van der Waals surface area contributed by atoms with Gasteiger partial charge in [-0.25, -0.2) is 9.79 Å². The van der Waals surface area contributed by atoms with Crippen LogP contribution in [0, 0.1) is 13.8 Å². The number of hydrogen-bond donors (Lipinski definition) is 1. The van der Waals surface area contributed by atoms with Gasteiger partial charge in [-0.2, -0.15) is 0 Å². The van der Waals surface area contributed by atoms with Gasteiger partial charge in [0.15, 0.2) is 5.17 Å². The molecule has 1 aromatic heterocycles. The van der Waals surface area contributed by atoms with Crippen LogP contribution < -0.4 is 5.32 Å². The molecule has 1 amide bonds. The third-order valence-corrected chi connectivity index (χ3v) is 6.95. The summed E-state index contributed by atoms with van der Waals surface area (Å²) in [4.78, 5) is 37.3. The number of fused-ring (bicyclic) bond motifs is 1. The number of hydrogen-bond acceptors (Lipinski definition) is 7. The fourth-order valence-electron chi connectivity index (χ4n) is 4.36. The van der Waals surface area contributed by atoms with Crippen molar-refractivity contribution in [1.82, 2.24) is 15.2 Å². The van der Waals surface area contributed by atoms with Gasteiger partial charge < -0.3 is 15.0 Å². The maximum atomic E-state index is 13.3. The number of esters is 1. The second kappa shape index (κ2) is 11.1. The zero-order chi connectivity index (χ0) is 25.8. The molecule has 0 aliphatic carbocycles. The van der Waals surface area contributed by atoms with Crippen LogP contribution in [0.5, 0.6) is 0 Å². The normalized spacial score (nSPS) is 17.1. The van der Waals surface area contributed by atoms with Crippen LogP contribution in [-0.2, 0) is 20.7 Å². The quantitative estimate of drug-likeness (QED) is 0.511. The van der Waals surface area contributed by atoms with E-state index in [1.54, 1.807) is 6.20 Å². The first kappa shape index (κ1) is 25.7. The van der Waals surface area contributed by atoms with Gasteiger partial charge in [0.05, 0.1) is 29.8 Å². The minimum absolute atomic E-state index is 0.0867. The van der Waals surface area contributed by atoms with Crippen LogP contribution in [0.4, 0.5) is 0 Å². The number of ether oxygens (including phenoxy) is 1. The van der Waals surface area contributed by atoms with Gasteiger partial charge in [-0.3, -0.25) is 9.78 Å². The van der Waals surface area contributed by atoms with E-state index in [0.717, 1.165) is 33.2 Å². The van der Waals surface area contributed by atoms with E-state index in [1.807, 2.05) is 63.1 Å². The molecule has 0 saturated carbocycles. The largest absolute Gasteiger partial charge is 0.459 e. The van der Waals surface area contributed by atoms with E-state index in [-0.39, 0.29) is 24.4 Å². The van der Waals surface area contributed by atoms with Crippen molar-refractivity contribution in [2.24, 2.45) is 4.99 Å². The highest BCUT2D eigenvalue weighted by atomic mass is 32.2. The molecule has 0 spiro atoms. The highest BCUT2D eigenvalue weighted by Gasteiger charge is 2.41. The third-order valence-electron chi connectivity index (χ3n) is 6.06. The van der Waals surface area contributed by atoms with E-state index in [9.17, 15) is 9.59 Å². The first-order chi connectivity index (χ1) is 17.2. The number of carbonyl (C=O) groups excluding carboxylic acids is 2. The van der Waals surface area contributed by atoms with E-state index in [2.05, 4.69) is 28.5 Å². The predicted molar refractivity (Wildman–Crippen MR) is 143 cm³/mol. The second-order valence-corrected chi connectivity index (χ2v) is 10.1. The number of rotatable bonds is 8. The highest BCUT2D eigenvalue weighted by molar-refractivity contribution is 8.16. The number of pyridine rings is 1. The molecule has 1 atom stereocenters. The maximum absolute atomic E-state index is 13.3. The summed E-state index contributed by atoms with van der Waals surface area (Å²) in [6.45, 7) is 10.1. The lowest BCUT2D eigenvalue weighted by Gasteiger charge is -2.37. The smallest absolute Gasteiger partial charge is 0.338 e. The van der Waals surface area contributed by atoms with Crippen molar-refractivity contribution in [2.45, 2.75) is 59.6 Å². The van der Waals surface area contributed by atoms with Gasteiger partial charge in [0, 0.05) is 30.6 Å². The van der Waals surface area contributed by atoms with Crippen molar-refractivity contribution in [1.29, 1.82) is 0 Å². The Kier molecular flexibility index (Phi) is 7.94. The van der Waals surface area contributed by atoms with Crippen LogP contribution >= 0.6 is 11.8 Å². The Morgan fingerprint density at radius 3 is 2.69 bits per heavy atom. The lowest BCUT2D eigenvalue weighted by Crippen LogP contribution is -2.38. The van der Waals surface area contributed by atoms with E-state index in [4.69, 9.17) is 9.73 Å². The molecule has 188 valence electrons. The second-order valence-electron chi connectivity index (χ2n) is 9.30. The van der Waals surface area contributed by atoms with Crippen molar-refractivity contribution in [3.05, 3.63) is 87.4 Å². The fraction of sp³-hybridized carbons (Fsp3) is 0.357. The number of nitrogens with one attached hydrogen (secondary N) is 1. The Labute approximate surface area is 216 Å². The summed E-state index contributed by atoms with van der Waals surface area (Å²) < 4.78 is 5.64. The standard InChI is InChI=1S/C28H32N4O3S/c1-17(2)35-27(34)25-20(5)31-28-32(26(25)23-14-18(3)9-10-19(23)4)22(16-36-28)15-24(33)30-13-11-21-8-6-7-12-29-21/h6-10,12,14,16-17,26H,11,13,15H2,1-5H3,(H,30,33)/t26-/m0/s1. The molecule has 1 N–H and O–H groups in total. The van der Waals surface area contributed by atoms with Crippen LogP contribution in [0.2, 0.25) is 0 Å². The Hall–Kier alpha value is -3.39. The van der Waals surface area contributed by atoms with Crippen molar-refractivity contribution in [3.63, 3.8) is 0 Å². The topological polar surface area (TPSA) is 83.9 Å². The predicted octanol–water partition coefficient (Wildman–Crippen LogP) is 4.97. The molecule has 8 heteroatoms. The molecular weight excluding hydrogens is 472 g/mol. The fourth-order valence-corrected chi connectivity index (χ4v) is 5.32. The number of aryl methyl sites for hydroxylation is 2. The molecule has 2 aliphatic rings. The average Bonchev–Trinajstić information content (AvgIpc) is 3.21. The van der Waals surface area contributed by atoms with Gasteiger partial charge in [0.1, 0.15) is 0 Å². The summed E-state index contributed by atoms with van der Waals surface area (Å²) in [6.07, 6.45) is 2.34. The Morgan fingerprint density at radius 2 is 1.97 bits per heavy atom. The molecule has 0 unspecified atom stereocenters. The van der Waals surface area contributed by atoms with E-state index >= 15 is 0 Å². The average molecular weight is 505 g/mol. The molecule has 36 heavy (non-hydrogen) atoms. The number of benzene rings is 1. The number of amides is 1. The van der Waals surface area contributed by atoms with Gasteiger partial charge in [-0.15, -0.1) is 0 Å². The first-order valence-corrected chi connectivity index (χ1v) is 13.0. The lowest BCUT2D eigenvalue weighted by atomic mass is 9.90. The Morgan fingerprint density at radius 1 is 1.17 bits per heavy atom. The minimum Gasteiger partial charge on any atom is -0.459 e. The summed E-state index contributed by atoms with van der Waals surface area (Å²) in [7, 11) is 0. The van der Waals surface area contributed by atoms with Gasteiger partial charge in [-0.05, 0) is 63.3 Å². The number of aliphatic imine (C=N–C) groups is 1. The summed E-state index contributed by atoms with van der Waals surface area (Å²) >= 11 is 1.47. The van der Waals surface area contributed by atoms with Gasteiger partial charge in [-0.1, -0.05) is 41.6 Å². The monoisotopic (exact) mass is 504 g/mol. The number of amidine groups is 1. The number of aromatic nitrogens is 1. The number of nitrogens with zero attached hydrogens (tertiary/aromatic N) is 3. The van der Waals surface area contributed by atoms with Gasteiger partial charge in [0.25, 0.3) is 0 Å². The van der Waals surface area contributed by atoms with Crippen molar-refractivity contribution in [3.8, 4) is 0 Å². The summed E-state index contributed by atoms with van der Waals surface area (Å²) in [5, 5.41) is 5.72. The first-order valence-electron chi connectivity index (χ1n) is 12.1. The summed E-state index contributed by atoms with van der Waals surface area (Å²) in [5.41, 5.74) is 6.04. The van der Waals surface area contributed by atoms with E-state index in [1.165, 1.54) is 11.8 Å². The molecule has 0 radical (unpaired) electrons. The highest BCUT2D eigenvalue weighted by Crippen LogP contribution is 2.45. The zero-order valence-corrected chi connectivity index (χ0v) is 22.2. The van der Waals surface area contributed by atoms with Crippen LogP contribution in [0.15, 0.2) is 70.0 Å². The SMILES string of the molecule is CC1=C(C(=O)OC(C)C)[C@H](c2cc(C)ccc2C)N2C(CC(=O)NCCc3ccccn3)=CSC2=N1. The van der Waals surface area contributed by atoms with E-state index < -0.39 is 6.04 Å². The van der Waals surface area contributed by atoms with Gasteiger partial charge >= 0.3 is 5.97 Å². The number of allylic oxidation sites excluding steroid dienone is 1. The van der Waals surface area contributed by atoms with E-state index in [0.29, 0.717) is 24.2 Å².